The minimum atomic E-state index is 0.283. The Morgan fingerprint density at radius 3 is 2.71 bits per heavy atom. The lowest BCUT2D eigenvalue weighted by Gasteiger charge is -2.21. The van der Waals surface area contributed by atoms with E-state index in [9.17, 15) is 0 Å². The number of aromatic amines is 1. The van der Waals surface area contributed by atoms with Gasteiger partial charge in [-0.15, -0.1) is 0 Å². The standard InChI is InChI=1S/C24H25N5O2/c1-11-9-25-22(14-5-6-14)19(11)23-21-15-8-18(30-4)16(20-12(2)29-31-13(20)3)7-17(15)28-24(21)27-10-26-23/h7-11,14,19,22H,5-6H2,1-4H3,(H,26,27,28). The Hall–Kier alpha value is -3.22. The molecule has 6 rings (SSSR count). The molecule has 2 aliphatic rings. The molecule has 0 amide bonds. The maximum atomic E-state index is 5.81. The number of benzene rings is 1. The van der Waals surface area contributed by atoms with Crippen molar-refractivity contribution in [2.45, 2.75) is 45.6 Å². The average molecular weight is 415 g/mol. The summed E-state index contributed by atoms with van der Waals surface area (Å²) in [6.45, 7) is 6.12. The molecule has 3 aromatic heterocycles. The van der Waals surface area contributed by atoms with Gasteiger partial charge in [-0.25, -0.2) is 9.97 Å². The molecule has 4 heterocycles. The second-order valence-electron chi connectivity index (χ2n) is 8.92. The van der Waals surface area contributed by atoms with Crippen LogP contribution in [0.25, 0.3) is 33.1 Å². The lowest BCUT2D eigenvalue weighted by atomic mass is 9.84. The largest absolute Gasteiger partial charge is 0.496 e. The molecule has 0 radical (unpaired) electrons. The first kappa shape index (κ1) is 18.5. The summed E-state index contributed by atoms with van der Waals surface area (Å²) in [5.74, 6) is 2.88. The third-order valence-corrected chi connectivity index (χ3v) is 6.89. The van der Waals surface area contributed by atoms with Gasteiger partial charge < -0.3 is 14.2 Å². The summed E-state index contributed by atoms with van der Waals surface area (Å²) < 4.78 is 11.2. The number of fused-ring (bicyclic) bond motifs is 3. The molecule has 31 heavy (non-hydrogen) atoms. The fourth-order valence-corrected chi connectivity index (χ4v) is 5.26. The number of methoxy groups -OCH3 is 1. The number of ether oxygens (including phenoxy) is 1. The van der Waals surface area contributed by atoms with Gasteiger partial charge in [-0.3, -0.25) is 4.99 Å². The number of aryl methyl sites for hydroxylation is 2. The quantitative estimate of drug-likeness (QED) is 0.508. The third kappa shape index (κ3) is 2.72. The van der Waals surface area contributed by atoms with E-state index in [0.29, 0.717) is 17.9 Å². The Morgan fingerprint density at radius 2 is 2.00 bits per heavy atom. The molecule has 7 nitrogen and oxygen atoms in total. The zero-order valence-corrected chi connectivity index (χ0v) is 18.1. The van der Waals surface area contributed by atoms with Crippen molar-refractivity contribution >= 4 is 28.2 Å². The van der Waals surface area contributed by atoms with Gasteiger partial charge in [0.1, 0.15) is 23.5 Å². The Balaban J connectivity index is 1.59. The van der Waals surface area contributed by atoms with Crippen LogP contribution in [0.3, 0.4) is 0 Å². The van der Waals surface area contributed by atoms with Crippen molar-refractivity contribution in [2.75, 3.05) is 7.11 Å². The highest BCUT2D eigenvalue weighted by Crippen LogP contribution is 2.48. The van der Waals surface area contributed by atoms with E-state index in [1.165, 1.54) is 12.8 Å². The highest BCUT2D eigenvalue weighted by Gasteiger charge is 2.43. The maximum Gasteiger partial charge on any atom is 0.142 e. The van der Waals surface area contributed by atoms with Gasteiger partial charge in [0.25, 0.3) is 0 Å². The fourth-order valence-electron chi connectivity index (χ4n) is 5.26. The first-order chi connectivity index (χ1) is 15.1. The van der Waals surface area contributed by atoms with Crippen LogP contribution in [0.1, 0.15) is 42.8 Å². The SMILES string of the molecule is COc1cc2c(cc1-c1c(C)noc1C)[nH]c1ncnc(C3C(C)C=NC3C3CC3)c12. The smallest absolute Gasteiger partial charge is 0.142 e. The zero-order valence-electron chi connectivity index (χ0n) is 18.1. The summed E-state index contributed by atoms with van der Waals surface area (Å²) in [6.07, 6.45) is 6.32. The van der Waals surface area contributed by atoms with Crippen molar-refractivity contribution in [3.05, 3.63) is 35.6 Å². The molecule has 1 fully saturated rings. The number of hydrogen-bond acceptors (Lipinski definition) is 6. The molecule has 0 saturated heterocycles. The van der Waals surface area contributed by atoms with Gasteiger partial charge in [-0.1, -0.05) is 12.1 Å². The molecule has 4 aromatic rings. The Bertz CT molecular complexity index is 1330. The monoisotopic (exact) mass is 415 g/mol. The molecular weight excluding hydrogens is 390 g/mol. The van der Waals surface area contributed by atoms with Crippen LogP contribution in [0.15, 0.2) is 28.0 Å². The average Bonchev–Trinajstić information content (AvgIpc) is 3.32. The lowest BCUT2D eigenvalue weighted by Crippen LogP contribution is -2.21. The second-order valence-corrected chi connectivity index (χ2v) is 8.92. The van der Waals surface area contributed by atoms with Gasteiger partial charge >= 0.3 is 0 Å². The number of aliphatic imine (C=N–C) groups is 1. The van der Waals surface area contributed by atoms with E-state index < -0.39 is 0 Å². The number of aromatic nitrogens is 4. The molecule has 3 unspecified atom stereocenters. The van der Waals surface area contributed by atoms with Crippen molar-refractivity contribution in [3.63, 3.8) is 0 Å². The highest BCUT2D eigenvalue weighted by molar-refractivity contribution is 6.09. The molecule has 3 atom stereocenters. The molecule has 0 bridgehead atoms. The van der Waals surface area contributed by atoms with E-state index in [4.69, 9.17) is 19.2 Å². The number of H-pyrrole nitrogens is 1. The fraction of sp³-hybridized carbons (Fsp3) is 0.417. The van der Waals surface area contributed by atoms with Crippen LogP contribution in [0.2, 0.25) is 0 Å². The van der Waals surface area contributed by atoms with Crippen LogP contribution in [0.4, 0.5) is 0 Å². The predicted molar refractivity (Wildman–Crippen MR) is 120 cm³/mol. The molecule has 1 aliphatic heterocycles. The summed E-state index contributed by atoms with van der Waals surface area (Å²) in [4.78, 5) is 17.7. The normalized spacial score (nSPS) is 23.3. The van der Waals surface area contributed by atoms with E-state index >= 15 is 0 Å². The van der Waals surface area contributed by atoms with Crippen LogP contribution in [0, 0.1) is 25.7 Å². The third-order valence-electron chi connectivity index (χ3n) is 6.89. The Kier molecular flexibility index (Phi) is 3.97. The highest BCUT2D eigenvalue weighted by atomic mass is 16.5. The topological polar surface area (TPSA) is 89.2 Å². The lowest BCUT2D eigenvalue weighted by molar-refractivity contribution is 0.393. The van der Waals surface area contributed by atoms with Crippen molar-refractivity contribution in [1.82, 2.24) is 20.1 Å². The zero-order chi connectivity index (χ0) is 21.3. The number of nitrogens with zero attached hydrogens (tertiary/aromatic N) is 4. The van der Waals surface area contributed by atoms with Crippen molar-refractivity contribution in [1.29, 1.82) is 0 Å². The van der Waals surface area contributed by atoms with Crippen molar-refractivity contribution in [2.24, 2.45) is 16.8 Å². The summed E-state index contributed by atoms with van der Waals surface area (Å²) in [5.41, 5.74) is 5.71. The molecule has 1 aliphatic carbocycles. The number of hydrogen-bond donors (Lipinski definition) is 1. The van der Waals surface area contributed by atoms with Crippen molar-refractivity contribution < 1.29 is 9.26 Å². The minimum Gasteiger partial charge on any atom is -0.496 e. The van der Waals surface area contributed by atoms with Gasteiger partial charge in [0.15, 0.2) is 0 Å². The molecule has 1 aromatic carbocycles. The first-order valence-electron chi connectivity index (χ1n) is 10.9. The first-order valence-corrected chi connectivity index (χ1v) is 10.9. The maximum absolute atomic E-state index is 5.81. The van der Waals surface area contributed by atoms with Gasteiger partial charge in [-0.2, -0.15) is 0 Å². The minimum absolute atomic E-state index is 0.283. The van der Waals surface area contributed by atoms with Crippen LogP contribution in [-0.2, 0) is 0 Å². The molecule has 7 heteroatoms. The van der Waals surface area contributed by atoms with Crippen LogP contribution >= 0.6 is 0 Å². The van der Waals surface area contributed by atoms with E-state index in [-0.39, 0.29) is 5.92 Å². The number of nitrogens with one attached hydrogen (secondary N) is 1. The molecular formula is C24H25N5O2. The van der Waals surface area contributed by atoms with Crippen molar-refractivity contribution in [3.8, 4) is 16.9 Å². The Labute approximate surface area is 179 Å². The molecule has 1 saturated carbocycles. The van der Waals surface area contributed by atoms with Gasteiger partial charge in [0.2, 0.25) is 0 Å². The van der Waals surface area contributed by atoms with Gasteiger partial charge in [-0.05, 0) is 44.7 Å². The number of rotatable bonds is 4. The van der Waals surface area contributed by atoms with E-state index in [0.717, 1.165) is 56.0 Å². The summed E-state index contributed by atoms with van der Waals surface area (Å²) in [5, 5.41) is 6.27. The molecule has 1 N–H and O–H groups in total. The predicted octanol–water partition coefficient (Wildman–Crippen LogP) is 4.97. The van der Waals surface area contributed by atoms with E-state index in [2.05, 4.69) is 40.4 Å². The molecule has 0 spiro atoms. The van der Waals surface area contributed by atoms with E-state index in [1.807, 2.05) is 13.8 Å². The van der Waals surface area contributed by atoms with Crippen LogP contribution in [0.5, 0.6) is 5.75 Å². The summed E-state index contributed by atoms with van der Waals surface area (Å²) in [6, 6.07) is 4.52. The van der Waals surface area contributed by atoms with Crippen LogP contribution < -0.4 is 4.74 Å². The molecule has 158 valence electrons. The summed E-state index contributed by atoms with van der Waals surface area (Å²) in [7, 11) is 1.70. The van der Waals surface area contributed by atoms with Crippen LogP contribution in [-0.4, -0.2) is 39.5 Å². The second kappa shape index (κ2) is 6.64. The Morgan fingerprint density at radius 1 is 1.16 bits per heavy atom. The van der Waals surface area contributed by atoms with Gasteiger partial charge in [0, 0.05) is 39.9 Å². The van der Waals surface area contributed by atoms with E-state index in [1.54, 1.807) is 13.4 Å². The van der Waals surface area contributed by atoms with Gasteiger partial charge in [0.05, 0.1) is 30.1 Å². The summed E-state index contributed by atoms with van der Waals surface area (Å²) >= 11 is 0.